The van der Waals surface area contributed by atoms with Crippen LogP contribution in [0.4, 0.5) is 11.6 Å². The average molecular weight is 648 g/mol. The van der Waals surface area contributed by atoms with Crippen LogP contribution in [0.2, 0.25) is 0 Å². The second kappa shape index (κ2) is 19.9. The van der Waals surface area contributed by atoms with Gasteiger partial charge in [-0.25, -0.2) is 9.97 Å². The van der Waals surface area contributed by atoms with E-state index < -0.39 is 11.9 Å². The lowest BCUT2D eigenvalue weighted by Gasteiger charge is -2.36. The highest BCUT2D eigenvalue weighted by molar-refractivity contribution is 5.85. The van der Waals surface area contributed by atoms with Gasteiger partial charge < -0.3 is 25.8 Å². The molecular weight excluding hydrogens is 590 g/mol. The van der Waals surface area contributed by atoms with E-state index in [1.54, 1.807) is 0 Å². The number of primary amides is 1. The van der Waals surface area contributed by atoms with E-state index in [2.05, 4.69) is 39.2 Å². The lowest BCUT2D eigenvalue weighted by Crippen LogP contribution is -2.49. The van der Waals surface area contributed by atoms with E-state index >= 15 is 0 Å². The second-order valence-electron chi connectivity index (χ2n) is 13.3. The van der Waals surface area contributed by atoms with Gasteiger partial charge in [0.15, 0.2) is 0 Å². The standard InChI is InChI=1S/C37H57N7O3/c1-2-3-4-5-6-7-8-9-10-11-15-20-35(45)41-31-26-32(37(38)47)44(28-31)34-27-33(39-29-40-34)42-22-24-43(25-23-42)36(46)21-16-19-30-17-13-12-14-18-30/h12-14,17-18,27,29,31-32H,2-11,15-16,19-26,28H2,1H3,(H2,38,47)(H,41,45)/t31-,32-/m0/s1. The number of hydrogen-bond donors (Lipinski definition) is 2. The highest BCUT2D eigenvalue weighted by atomic mass is 16.2. The zero-order valence-corrected chi connectivity index (χ0v) is 28.6. The maximum atomic E-state index is 12.8. The highest BCUT2D eigenvalue weighted by Crippen LogP contribution is 2.27. The van der Waals surface area contributed by atoms with Crippen LogP contribution in [0.25, 0.3) is 0 Å². The van der Waals surface area contributed by atoms with Gasteiger partial charge in [0.2, 0.25) is 17.7 Å². The molecule has 2 aliphatic rings. The fourth-order valence-electron chi connectivity index (χ4n) is 6.81. The Labute approximate surface area is 281 Å². The molecule has 258 valence electrons. The number of benzene rings is 1. The van der Waals surface area contributed by atoms with Crippen LogP contribution >= 0.6 is 0 Å². The van der Waals surface area contributed by atoms with E-state index in [9.17, 15) is 14.4 Å². The maximum Gasteiger partial charge on any atom is 0.240 e. The number of piperazine rings is 1. The number of amides is 3. The number of hydrogen-bond acceptors (Lipinski definition) is 7. The van der Waals surface area contributed by atoms with Crippen LogP contribution in [-0.2, 0) is 20.8 Å². The van der Waals surface area contributed by atoms with E-state index in [1.807, 2.05) is 34.1 Å². The quantitative estimate of drug-likeness (QED) is 0.185. The summed E-state index contributed by atoms with van der Waals surface area (Å²) in [6, 6.07) is 11.5. The molecule has 1 aromatic heterocycles. The minimum atomic E-state index is -0.546. The molecule has 3 amide bonds. The van der Waals surface area contributed by atoms with Crippen LogP contribution in [0.15, 0.2) is 42.7 Å². The fourth-order valence-corrected chi connectivity index (χ4v) is 6.81. The molecule has 3 heterocycles. The van der Waals surface area contributed by atoms with Gasteiger partial charge in [0.25, 0.3) is 0 Å². The molecule has 0 bridgehead atoms. The number of anilines is 2. The third kappa shape index (κ3) is 12.1. The summed E-state index contributed by atoms with van der Waals surface area (Å²) in [5.41, 5.74) is 7.06. The van der Waals surface area contributed by atoms with E-state index in [-0.39, 0.29) is 17.9 Å². The van der Waals surface area contributed by atoms with Crippen molar-refractivity contribution in [3.05, 3.63) is 48.3 Å². The molecule has 1 aromatic carbocycles. The third-order valence-electron chi connectivity index (χ3n) is 9.59. The molecule has 10 heteroatoms. The van der Waals surface area contributed by atoms with Gasteiger partial charge in [-0.1, -0.05) is 101 Å². The number of unbranched alkanes of at least 4 members (excludes halogenated alkanes) is 10. The average Bonchev–Trinajstić information content (AvgIpc) is 3.52. The molecule has 4 rings (SSSR count). The lowest BCUT2D eigenvalue weighted by atomic mass is 10.1. The largest absolute Gasteiger partial charge is 0.368 e. The summed E-state index contributed by atoms with van der Waals surface area (Å²) in [6.45, 7) is 5.37. The van der Waals surface area contributed by atoms with Crippen molar-refractivity contribution >= 4 is 29.4 Å². The van der Waals surface area contributed by atoms with Crippen molar-refractivity contribution in [3.8, 4) is 0 Å². The number of nitrogens with two attached hydrogens (primary N) is 1. The van der Waals surface area contributed by atoms with Crippen LogP contribution in [0, 0.1) is 0 Å². The molecule has 2 aliphatic heterocycles. The minimum absolute atomic E-state index is 0.0341. The number of nitrogens with one attached hydrogen (secondary N) is 1. The third-order valence-corrected chi connectivity index (χ3v) is 9.59. The zero-order chi connectivity index (χ0) is 33.3. The molecule has 2 aromatic rings. The molecule has 47 heavy (non-hydrogen) atoms. The lowest BCUT2D eigenvalue weighted by molar-refractivity contribution is -0.131. The Morgan fingerprint density at radius 3 is 2.11 bits per heavy atom. The van der Waals surface area contributed by atoms with Crippen molar-refractivity contribution in [2.45, 2.75) is 122 Å². The van der Waals surface area contributed by atoms with Gasteiger partial charge in [-0.15, -0.1) is 0 Å². The van der Waals surface area contributed by atoms with Crippen molar-refractivity contribution in [1.82, 2.24) is 20.2 Å². The molecule has 0 aliphatic carbocycles. The van der Waals surface area contributed by atoms with Crippen molar-refractivity contribution in [3.63, 3.8) is 0 Å². The molecule has 2 saturated heterocycles. The Morgan fingerprint density at radius 2 is 1.45 bits per heavy atom. The molecule has 10 nitrogen and oxygen atoms in total. The van der Waals surface area contributed by atoms with E-state index in [0.29, 0.717) is 57.8 Å². The molecule has 0 spiro atoms. The van der Waals surface area contributed by atoms with Crippen molar-refractivity contribution in [2.24, 2.45) is 5.73 Å². The van der Waals surface area contributed by atoms with Crippen molar-refractivity contribution in [2.75, 3.05) is 42.5 Å². The predicted octanol–water partition coefficient (Wildman–Crippen LogP) is 5.40. The first-order chi connectivity index (χ1) is 22.9. The zero-order valence-electron chi connectivity index (χ0n) is 28.6. The summed E-state index contributed by atoms with van der Waals surface area (Å²) >= 11 is 0. The van der Waals surface area contributed by atoms with Crippen LogP contribution < -0.4 is 20.9 Å². The molecule has 0 unspecified atom stereocenters. The second-order valence-corrected chi connectivity index (χ2v) is 13.3. The molecule has 0 saturated carbocycles. The molecule has 0 radical (unpaired) electrons. The molecular formula is C37H57N7O3. The fraction of sp³-hybridized carbons (Fsp3) is 0.649. The van der Waals surface area contributed by atoms with Crippen LogP contribution in [0.1, 0.15) is 109 Å². The first-order valence-electron chi connectivity index (χ1n) is 18.2. The summed E-state index contributed by atoms with van der Waals surface area (Å²) in [4.78, 5) is 52.9. The SMILES string of the molecule is CCCCCCCCCCCCCC(=O)N[C@H]1C[C@@H](C(N)=O)N(c2cc(N3CCN(C(=O)CCCc4ccccc4)CC3)ncn2)C1. The normalized spacial score (nSPS) is 18.0. The number of carbonyl (C=O) groups is 3. The first kappa shape index (κ1) is 36.2. The van der Waals surface area contributed by atoms with Gasteiger partial charge in [0, 0.05) is 57.7 Å². The number of carbonyl (C=O) groups excluding carboxylic acids is 3. The van der Waals surface area contributed by atoms with Gasteiger partial charge >= 0.3 is 0 Å². The van der Waals surface area contributed by atoms with Gasteiger partial charge in [-0.2, -0.15) is 0 Å². The Bertz CT molecular complexity index is 1240. The smallest absolute Gasteiger partial charge is 0.240 e. The number of nitrogens with zero attached hydrogens (tertiary/aromatic N) is 5. The number of aromatic nitrogens is 2. The Kier molecular flexibility index (Phi) is 15.3. The molecule has 3 N–H and O–H groups in total. The summed E-state index contributed by atoms with van der Waals surface area (Å²) in [6.07, 6.45) is 18.5. The van der Waals surface area contributed by atoms with Crippen molar-refractivity contribution < 1.29 is 14.4 Å². The van der Waals surface area contributed by atoms with Gasteiger partial charge in [-0.05, 0) is 31.2 Å². The topological polar surface area (TPSA) is 125 Å². The van der Waals surface area contributed by atoms with E-state index in [4.69, 9.17) is 5.73 Å². The van der Waals surface area contributed by atoms with Crippen LogP contribution in [0.5, 0.6) is 0 Å². The molecule has 2 atom stereocenters. The van der Waals surface area contributed by atoms with Gasteiger partial charge in [0.1, 0.15) is 24.0 Å². The van der Waals surface area contributed by atoms with Gasteiger partial charge in [0.05, 0.1) is 0 Å². The maximum absolute atomic E-state index is 12.8. The first-order valence-corrected chi connectivity index (χ1v) is 18.2. The number of aryl methyl sites for hydroxylation is 1. The minimum Gasteiger partial charge on any atom is -0.368 e. The summed E-state index contributed by atoms with van der Waals surface area (Å²) in [7, 11) is 0. The van der Waals surface area contributed by atoms with E-state index in [0.717, 1.165) is 31.5 Å². The summed E-state index contributed by atoms with van der Waals surface area (Å²) in [5.74, 6) is 1.19. The van der Waals surface area contributed by atoms with Crippen molar-refractivity contribution in [1.29, 1.82) is 0 Å². The Morgan fingerprint density at radius 1 is 0.809 bits per heavy atom. The summed E-state index contributed by atoms with van der Waals surface area (Å²) < 4.78 is 0. The van der Waals surface area contributed by atoms with Crippen LogP contribution in [0.3, 0.4) is 0 Å². The monoisotopic (exact) mass is 647 g/mol. The highest BCUT2D eigenvalue weighted by Gasteiger charge is 2.37. The number of rotatable bonds is 20. The molecule has 2 fully saturated rings. The summed E-state index contributed by atoms with van der Waals surface area (Å²) in [5, 5.41) is 3.14. The van der Waals surface area contributed by atoms with E-state index in [1.165, 1.54) is 69.7 Å². The Hall–Kier alpha value is -3.69. The Balaban J connectivity index is 1.17. The predicted molar refractivity (Wildman–Crippen MR) is 188 cm³/mol. The van der Waals surface area contributed by atoms with Crippen LogP contribution in [-0.4, -0.2) is 77.4 Å². The van der Waals surface area contributed by atoms with Gasteiger partial charge in [-0.3, -0.25) is 14.4 Å².